The first-order chi connectivity index (χ1) is 11.0. The van der Waals surface area contributed by atoms with Gasteiger partial charge in [0.15, 0.2) is 0 Å². The van der Waals surface area contributed by atoms with Gasteiger partial charge < -0.3 is 4.98 Å². The zero-order valence-electron chi connectivity index (χ0n) is 11.7. The number of hydrogen-bond acceptors (Lipinski definition) is 2. The molecule has 23 heavy (non-hydrogen) atoms. The molecule has 0 aliphatic heterocycles. The Morgan fingerprint density at radius 1 is 1.00 bits per heavy atom. The lowest BCUT2D eigenvalue weighted by molar-refractivity contribution is 0.0844. The normalized spacial score (nSPS) is 10.5. The number of fused-ring (bicyclic) bond motifs is 1. The van der Waals surface area contributed by atoms with Crippen molar-refractivity contribution in [2.75, 3.05) is 0 Å². The summed E-state index contributed by atoms with van der Waals surface area (Å²) < 4.78 is 13.8. The Kier molecular flexibility index (Phi) is 4.12. The standard InChI is InChI=1S/C16H11BrFN3O2/c17-12-4-2-1-3-11(12)15(22)20-21-16(23)14-8-9-7-10(18)5-6-13(9)19-14/h1-8,19H,(H,20,22)(H,21,23). The molecule has 7 heteroatoms. The van der Waals surface area contributed by atoms with E-state index in [0.717, 1.165) is 0 Å². The number of halogens is 2. The lowest BCUT2D eigenvalue weighted by atomic mass is 10.2. The minimum Gasteiger partial charge on any atom is -0.350 e. The summed E-state index contributed by atoms with van der Waals surface area (Å²) >= 11 is 3.26. The molecule has 0 unspecified atom stereocenters. The quantitative estimate of drug-likeness (QED) is 0.602. The van der Waals surface area contributed by atoms with Crippen LogP contribution in [0.3, 0.4) is 0 Å². The second-order valence-corrected chi connectivity index (χ2v) is 5.66. The molecular weight excluding hydrogens is 365 g/mol. The molecule has 5 nitrogen and oxygen atoms in total. The largest absolute Gasteiger partial charge is 0.350 e. The molecule has 3 N–H and O–H groups in total. The Bertz CT molecular complexity index is 907. The molecule has 3 aromatic rings. The second kappa shape index (κ2) is 6.21. The number of aromatic amines is 1. The lowest BCUT2D eigenvalue weighted by Gasteiger charge is -2.07. The van der Waals surface area contributed by atoms with E-state index < -0.39 is 11.8 Å². The number of carbonyl (C=O) groups excluding carboxylic acids is 2. The van der Waals surface area contributed by atoms with E-state index in [2.05, 4.69) is 31.8 Å². The van der Waals surface area contributed by atoms with Crippen LogP contribution in [0.4, 0.5) is 4.39 Å². The van der Waals surface area contributed by atoms with E-state index in [4.69, 9.17) is 0 Å². The molecule has 2 amide bonds. The van der Waals surface area contributed by atoms with Gasteiger partial charge in [-0.15, -0.1) is 0 Å². The summed E-state index contributed by atoms with van der Waals surface area (Å²) in [7, 11) is 0. The first kappa shape index (κ1) is 15.2. The highest BCUT2D eigenvalue weighted by Crippen LogP contribution is 2.17. The van der Waals surface area contributed by atoms with Crippen LogP contribution in [0.1, 0.15) is 20.8 Å². The Morgan fingerprint density at radius 3 is 2.52 bits per heavy atom. The van der Waals surface area contributed by atoms with Crippen molar-refractivity contribution < 1.29 is 14.0 Å². The number of carbonyl (C=O) groups is 2. The topological polar surface area (TPSA) is 74.0 Å². The molecule has 0 aliphatic carbocycles. The fraction of sp³-hybridized carbons (Fsp3) is 0. The summed E-state index contributed by atoms with van der Waals surface area (Å²) in [5.74, 6) is -1.36. The average Bonchev–Trinajstić information content (AvgIpc) is 2.95. The van der Waals surface area contributed by atoms with Gasteiger partial charge in [-0.05, 0) is 52.3 Å². The number of nitrogens with one attached hydrogen (secondary N) is 3. The third kappa shape index (κ3) is 3.24. The van der Waals surface area contributed by atoms with E-state index in [1.54, 1.807) is 30.3 Å². The number of aromatic nitrogens is 1. The van der Waals surface area contributed by atoms with Crippen LogP contribution in [0.25, 0.3) is 10.9 Å². The molecule has 1 heterocycles. The van der Waals surface area contributed by atoms with Gasteiger partial charge in [0.05, 0.1) is 5.56 Å². The summed E-state index contributed by atoms with van der Waals surface area (Å²) in [5, 5.41) is 0.576. The Morgan fingerprint density at radius 2 is 1.74 bits per heavy atom. The van der Waals surface area contributed by atoms with Gasteiger partial charge in [-0.2, -0.15) is 0 Å². The zero-order valence-corrected chi connectivity index (χ0v) is 13.3. The Hall–Kier alpha value is -2.67. The molecule has 0 spiro atoms. The van der Waals surface area contributed by atoms with Crippen molar-refractivity contribution in [2.24, 2.45) is 0 Å². The molecule has 1 aromatic heterocycles. The molecule has 0 fully saturated rings. The van der Waals surface area contributed by atoms with Crippen molar-refractivity contribution >= 4 is 38.6 Å². The first-order valence-electron chi connectivity index (χ1n) is 6.68. The number of amides is 2. The van der Waals surface area contributed by atoms with Crippen LogP contribution < -0.4 is 10.9 Å². The van der Waals surface area contributed by atoms with Crippen LogP contribution in [0.5, 0.6) is 0 Å². The monoisotopic (exact) mass is 375 g/mol. The maximum absolute atomic E-state index is 13.2. The van der Waals surface area contributed by atoms with E-state index in [9.17, 15) is 14.0 Å². The highest BCUT2D eigenvalue weighted by molar-refractivity contribution is 9.10. The molecule has 0 saturated heterocycles. The van der Waals surface area contributed by atoms with Crippen molar-refractivity contribution in [2.45, 2.75) is 0 Å². The van der Waals surface area contributed by atoms with Gasteiger partial charge in [-0.1, -0.05) is 12.1 Å². The third-order valence-corrected chi connectivity index (χ3v) is 3.93. The van der Waals surface area contributed by atoms with Gasteiger partial charge in [0.1, 0.15) is 11.5 Å². The summed E-state index contributed by atoms with van der Waals surface area (Å²) in [6.45, 7) is 0. The minimum absolute atomic E-state index is 0.220. The number of H-pyrrole nitrogens is 1. The number of rotatable bonds is 2. The molecule has 0 saturated carbocycles. The second-order valence-electron chi connectivity index (χ2n) is 4.80. The molecule has 0 bridgehead atoms. The predicted octanol–water partition coefficient (Wildman–Crippen LogP) is 3.14. The molecule has 2 aromatic carbocycles. The Labute approximate surface area is 139 Å². The average molecular weight is 376 g/mol. The minimum atomic E-state index is -0.526. The number of hydrazine groups is 1. The highest BCUT2D eigenvalue weighted by atomic mass is 79.9. The number of hydrogen-bond donors (Lipinski definition) is 3. The van der Waals surface area contributed by atoms with Crippen molar-refractivity contribution in [3.8, 4) is 0 Å². The first-order valence-corrected chi connectivity index (χ1v) is 7.47. The Balaban J connectivity index is 1.71. The van der Waals surface area contributed by atoms with Crippen molar-refractivity contribution in [3.05, 3.63) is 70.1 Å². The third-order valence-electron chi connectivity index (χ3n) is 3.24. The van der Waals surface area contributed by atoms with Crippen LogP contribution in [0, 0.1) is 5.82 Å². The SMILES string of the molecule is O=C(NNC(=O)c1ccccc1Br)c1cc2cc(F)ccc2[nH]1. The van der Waals surface area contributed by atoms with Gasteiger partial charge in [-0.25, -0.2) is 4.39 Å². The van der Waals surface area contributed by atoms with Gasteiger partial charge in [0, 0.05) is 15.4 Å². The van der Waals surface area contributed by atoms with Crippen LogP contribution in [-0.4, -0.2) is 16.8 Å². The van der Waals surface area contributed by atoms with Gasteiger partial charge >= 0.3 is 0 Å². The molecule has 0 aliphatic rings. The lowest BCUT2D eigenvalue weighted by Crippen LogP contribution is -2.41. The smallest absolute Gasteiger partial charge is 0.286 e. The van der Waals surface area contributed by atoms with Crippen molar-refractivity contribution in [3.63, 3.8) is 0 Å². The van der Waals surface area contributed by atoms with Gasteiger partial charge in [0.25, 0.3) is 11.8 Å². The van der Waals surface area contributed by atoms with E-state index in [1.165, 1.54) is 18.2 Å². The predicted molar refractivity (Wildman–Crippen MR) is 87.3 cm³/mol. The highest BCUT2D eigenvalue weighted by Gasteiger charge is 2.13. The van der Waals surface area contributed by atoms with Gasteiger partial charge in [0.2, 0.25) is 0 Å². The summed E-state index contributed by atoms with van der Waals surface area (Å²) in [6, 6.07) is 12.5. The number of benzene rings is 2. The fourth-order valence-corrected chi connectivity index (χ4v) is 2.58. The fourth-order valence-electron chi connectivity index (χ4n) is 2.12. The summed E-state index contributed by atoms with van der Waals surface area (Å²) in [6.07, 6.45) is 0. The molecule has 3 rings (SSSR count). The molecule has 0 atom stereocenters. The maximum Gasteiger partial charge on any atom is 0.286 e. The van der Waals surface area contributed by atoms with E-state index in [0.29, 0.717) is 20.9 Å². The van der Waals surface area contributed by atoms with Gasteiger partial charge in [-0.3, -0.25) is 20.4 Å². The molecule has 116 valence electrons. The van der Waals surface area contributed by atoms with E-state index >= 15 is 0 Å². The maximum atomic E-state index is 13.2. The summed E-state index contributed by atoms with van der Waals surface area (Å²) in [4.78, 5) is 26.9. The van der Waals surface area contributed by atoms with Crippen LogP contribution in [0.15, 0.2) is 53.0 Å². The summed E-state index contributed by atoms with van der Waals surface area (Å²) in [5.41, 5.74) is 5.90. The van der Waals surface area contributed by atoms with E-state index in [-0.39, 0.29) is 11.5 Å². The van der Waals surface area contributed by atoms with Crippen LogP contribution in [0.2, 0.25) is 0 Å². The van der Waals surface area contributed by atoms with Crippen molar-refractivity contribution in [1.29, 1.82) is 0 Å². The van der Waals surface area contributed by atoms with Crippen molar-refractivity contribution in [1.82, 2.24) is 15.8 Å². The van der Waals surface area contributed by atoms with Crippen LogP contribution in [-0.2, 0) is 0 Å². The van der Waals surface area contributed by atoms with Crippen LogP contribution >= 0.6 is 15.9 Å². The molecular formula is C16H11BrFN3O2. The zero-order chi connectivity index (χ0) is 16.4. The van der Waals surface area contributed by atoms with E-state index in [1.807, 2.05) is 0 Å². The molecule has 0 radical (unpaired) electrons.